The molecule has 1 atom stereocenters. The summed E-state index contributed by atoms with van der Waals surface area (Å²) in [5.41, 5.74) is 0. The molecule has 0 aliphatic heterocycles. The summed E-state index contributed by atoms with van der Waals surface area (Å²) in [6, 6.07) is 0. The second kappa shape index (κ2) is 3.40. The maximum Gasteiger partial charge on any atom is 0.106 e. The molecule has 0 amide bonds. The van der Waals surface area contributed by atoms with Gasteiger partial charge < -0.3 is 0 Å². The van der Waals surface area contributed by atoms with Gasteiger partial charge in [-0.15, -0.1) is 0 Å². The Hall–Kier alpha value is 0.400. The lowest BCUT2D eigenvalue weighted by Crippen LogP contribution is -0.933. The Balaban J connectivity index is 3.11. The Morgan fingerprint density at radius 3 is 2.25 bits per heavy atom. The molecule has 0 aliphatic carbocycles. The molecule has 0 rings (SSSR count). The molecular weight excluding hydrogens is 90.0 g/mol. The average molecular weight is 94.0 g/mol. The average Bonchev–Trinajstić information content (AvgIpc) is 1.37. The third-order valence-electron chi connectivity index (χ3n) is 0.0913. The van der Waals surface area contributed by atoms with Crippen molar-refractivity contribution in [3.63, 3.8) is 0 Å². The van der Waals surface area contributed by atoms with E-state index in [0.717, 1.165) is 7.87 Å². The summed E-state index contributed by atoms with van der Waals surface area (Å²) >= 11 is 0. The molecule has 0 aromatic rings. The van der Waals surface area contributed by atoms with Gasteiger partial charge in [0.25, 0.3) is 0 Å². The van der Waals surface area contributed by atoms with Gasteiger partial charge in [-0.25, -0.2) is 0 Å². The van der Waals surface area contributed by atoms with Crippen molar-refractivity contribution < 1.29 is 4.57 Å². The zero-order valence-corrected chi connectivity index (χ0v) is 4.25. The van der Waals surface area contributed by atoms with Crippen LogP contribution in [0.4, 0.5) is 0 Å². The molecule has 0 radical (unpaired) electrons. The molecule has 24 valence electrons. The van der Waals surface area contributed by atoms with Crippen LogP contribution in [0.25, 0.3) is 0 Å². The van der Waals surface area contributed by atoms with Crippen LogP contribution in [0.5, 0.6) is 0 Å². The molecule has 0 heterocycles. The van der Waals surface area contributed by atoms with E-state index in [4.69, 9.17) is 0 Å². The van der Waals surface area contributed by atoms with E-state index in [1.165, 1.54) is 0 Å². The van der Waals surface area contributed by atoms with Crippen LogP contribution in [0.3, 0.4) is 0 Å². The number of rotatable bonds is 0. The maximum absolute atomic E-state index is 9.31. The Morgan fingerprint density at radius 1 is 2.00 bits per heavy atom. The summed E-state index contributed by atoms with van der Waals surface area (Å²) in [4.78, 5) is 0. The minimum atomic E-state index is -0.137. The topological polar surface area (TPSA) is 17.1 Å². The molecule has 0 saturated heterocycles. The van der Waals surface area contributed by atoms with Crippen LogP contribution in [0, 0.1) is 0 Å². The predicted octanol–water partition coefficient (Wildman–Crippen LogP) is 1.50. The first-order chi connectivity index (χ1) is 1.91. The van der Waals surface area contributed by atoms with Crippen LogP contribution in [-0.2, 0) is 4.57 Å². The van der Waals surface area contributed by atoms with Gasteiger partial charge in [-0.2, -0.15) is 0 Å². The van der Waals surface area contributed by atoms with Gasteiger partial charge in [-0.3, -0.25) is 4.57 Å². The molecule has 0 aliphatic rings. The molecule has 0 aromatic carbocycles. The van der Waals surface area contributed by atoms with E-state index in [1.54, 1.807) is 0 Å². The standard InChI is InChI=1S/CH4OP2/c1-3-4-2/h4H,1H3. The molecule has 0 fully saturated rings. The van der Waals surface area contributed by atoms with Crippen molar-refractivity contribution in [1.82, 2.24) is 0 Å². The minimum absolute atomic E-state index is 0.137. The quantitative estimate of drug-likeness (QED) is 0.415. The van der Waals surface area contributed by atoms with Crippen LogP contribution in [0.15, 0.2) is 0 Å². The lowest BCUT2D eigenvalue weighted by atomic mass is 12.0. The monoisotopic (exact) mass is 94.0 g/mol. The zero-order chi connectivity index (χ0) is 3.41. The molecule has 1 unspecified atom stereocenters. The van der Waals surface area contributed by atoms with Crippen LogP contribution >= 0.6 is 15.6 Å². The van der Waals surface area contributed by atoms with Gasteiger partial charge >= 0.3 is 0 Å². The summed E-state index contributed by atoms with van der Waals surface area (Å²) in [6.07, 6.45) is 0. The lowest BCUT2D eigenvalue weighted by molar-refractivity contribution is 0.606. The van der Waals surface area contributed by atoms with Gasteiger partial charge in [-0.05, 0) is 14.5 Å². The Kier molecular flexibility index (Phi) is 3.74. The highest BCUT2D eigenvalue weighted by molar-refractivity contribution is 7.77. The molecule has 0 aromatic heterocycles. The van der Waals surface area contributed by atoms with Gasteiger partial charge in [0.05, 0.1) is 0 Å². The van der Waals surface area contributed by atoms with Crippen LogP contribution < -0.4 is 0 Å². The van der Waals surface area contributed by atoms with Crippen molar-refractivity contribution in [2.24, 2.45) is 0 Å². The SMILES string of the molecule is CP=[PH]=O. The Bertz CT molecular complexity index is 44.0. The van der Waals surface area contributed by atoms with Gasteiger partial charge in [0.2, 0.25) is 0 Å². The van der Waals surface area contributed by atoms with E-state index in [-0.39, 0.29) is 7.75 Å². The number of hydrogen-bond donors (Lipinski definition) is 0. The van der Waals surface area contributed by atoms with E-state index in [9.17, 15) is 4.57 Å². The van der Waals surface area contributed by atoms with E-state index < -0.39 is 0 Å². The first kappa shape index (κ1) is 4.40. The highest BCUT2D eigenvalue weighted by atomic mass is 31.7. The third kappa shape index (κ3) is 2.40. The first-order valence-corrected chi connectivity index (χ1v) is 3.97. The van der Waals surface area contributed by atoms with E-state index >= 15 is 0 Å². The van der Waals surface area contributed by atoms with E-state index in [1.807, 2.05) is 6.66 Å². The van der Waals surface area contributed by atoms with Gasteiger partial charge in [0.15, 0.2) is 0 Å². The van der Waals surface area contributed by atoms with Crippen molar-refractivity contribution in [2.45, 2.75) is 0 Å². The van der Waals surface area contributed by atoms with Gasteiger partial charge in [0, 0.05) is 0 Å². The maximum atomic E-state index is 9.31. The summed E-state index contributed by atoms with van der Waals surface area (Å²) in [6.45, 7) is 1.85. The second-order valence-corrected chi connectivity index (χ2v) is 2.83. The Morgan fingerprint density at radius 2 is 2.25 bits per heavy atom. The largest absolute Gasteiger partial charge is 0.281 e. The smallest absolute Gasteiger partial charge is 0.106 e. The minimum Gasteiger partial charge on any atom is -0.281 e. The Labute approximate surface area is 27.9 Å². The fraction of sp³-hybridized carbons (Fsp3) is 1.00. The van der Waals surface area contributed by atoms with Gasteiger partial charge in [0.1, 0.15) is 7.75 Å². The molecule has 0 N–H and O–H groups in total. The summed E-state index contributed by atoms with van der Waals surface area (Å²) in [5.74, 6) is 0. The van der Waals surface area contributed by atoms with Crippen LogP contribution in [0.1, 0.15) is 0 Å². The molecule has 0 saturated carbocycles. The molecular formula is CH4OP2. The van der Waals surface area contributed by atoms with Crippen LogP contribution in [-0.4, -0.2) is 6.66 Å². The van der Waals surface area contributed by atoms with Crippen LogP contribution in [0.2, 0.25) is 0 Å². The summed E-state index contributed by atoms with van der Waals surface area (Å²) < 4.78 is 9.31. The van der Waals surface area contributed by atoms with E-state index in [2.05, 4.69) is 0 Å². The summed E-state index contributed by atoms with van der Waals surface area (Å²) in [7, 11) is 0.833. The molecule has 4 heavy (non-hydrogen) atoms. The fourth-order valence-electron chi connectivity index (χ4n) is 0. The lowest BCUT2D eigenvalue weighted by Gasteiger charge is -1.33. The fourth-order valence-corrected chi connectivity index (χ4v) is 0. The van der Waals surface area contributed by atoms with Crippen molar-refractivity contribution in [1.29, 1.82) is 0 Å². The van der Waals surface area contributed by atoms with Gasteiger partial charge in [-0.1, -0.05) is 0 Å². The van der Waals surface area contributed by atoms with Crippen molar-refractivity contribution in [2.75, 3.05) is 6.66 Å². The highest BCUT2D eigenvalue weighted by Crippen LogP contribution is 1.93. The van der Waals surface area contributed by atoms with Crippen molar-refractivity contribution in [3.05, 3.63) is 0 Å². The zero-order valence-electron chi connectivity index (χ0n) is 2.36. The van der Waals surface area contributed by atoms with Crippen molar-refractivity contribution >= 4 is 15.6 Å². The predicted molar refractivity (Wildman–Crippen MR) is 21.8 cm³/mol. The number of hydrogen-bond acceptors (Lipinski definition) is 1. The summed E-state index contributed by atoms with van der Waals surface area (Å²) in [5, 5.41) is 0. The first-order valence-electron chi connectivity index (χ1n) is 0.875. The van der Waals surface area contributed by atoms with E-state index in [0.29, 0.717) is 0 Å². The highest BCUT2D eigenvalue weighted by Gasteiger charge is 1.29. The van der Waals surface area contributed by atoms with Crippen molar-refractivity contribution in [3.8, 4) is 0 Å². The molecule has 0 bridgehead atoms. The molecule has 1 nitrogen and oxygen atoms in total. The normalized spacial score (nSPS) is 9.25. The molecule has 3 heteroatoms. The molecule has 0 spiro atoms. The third-order valence-corrected chi connectivity index (χ3v) is 0.822. The second-order valence-electron chi connectivity index (χ2n) is 0.315.